The van der Waals surface area contributed by atoms with Crippen LogP contribution in [0.15, 0.2) is 84.9 Å². The molecule has 1 heteroatoms. The van der Waals surface area contributed by atoms with Gasteiger partial charge in [0.15, 0.2) is 0 Å². The average Bonchev–Trinajstić information content (AvgIpc) is 3.29. The maximum Gasteiger partial charge on any atom is 0.243 e. The Bertz CT molecular complexity index is 1730. The van der Waals surface area contributed by atoms with Crippen LogP contribution in [-0.4, -0.2) is 6.71 Å². The van der Waals surface area contributed by atoms with Gasteiger partial charge in [-0.3, -0.25) is 0 Å². The van der Waals surface area contributed by atoms with Crippen LogP contribution in [0.1, 0.15) is 50.1 Å². The summed E-state index contributed by atoms with van der Waals surface area (Å²) in [4.78, 5) is 0. The smallest absolute Gasteiger partial charge is 0.0617 e. The van der Waals surface area contributed by atoms with E-state index in [2.05, 4.69) is 91.9 Å². The summed E-state index contributed by atoms with van der Waals surface area (Å²) in [5.41, 5.74) is 24.1. The molecule has 0 aromatic heterocycles. The van der Waals surface area contributed by atoms with Crippen molar-refractivity contribution in [3.8, 4) is 22.3 Å². The van der Waals surface area contributed by atoms with Gasteiger partial charge in [0.05, 0.1) is 0 Å². The maximum absolute atomic E-state index is 2.54. The zero-order valence-corrected chi connectivity index (χ0v) is 20.5. The van der Waals surface area contributed by atoms with Gasteiger partial charge in [-0.25, -0.2) is 0 Å². The van der Waals surface area contributed by atoms with Crippen molar-refractivity contribution in [2.45, 2.75) is 32.6 Å². The van der Waals surface area contributed by atoms with Crippen molar-refractivity contribution < 1.29 is 0 Å². The highest BCUT2D eigenvalue weighted by Crippen LogP contribution is 2.44. The van der Waals surface area contributed by atoms with Gasteiger partial charge in [0.1, 0.15) is 0 Å². The van der Waals surface area contributed by atoms with Crippen LogP contribution in [0.25, 0.3) is 22.3 Å². The van der Waals surface area contributed by atoms with Gasteiger partial charge in [-0.15, -0.1) is 0 Å². The Morgan fingerprint density at radius 1 is 0.500 bits per heavy atom. The van der Waals surface area contributed by atoms with Crippen molar-refractivity contribution in [2.75, 3.05) is 0 Å². The van der Waals surface area contributed by atoms with Gasteiger partial charge in [-0.1, -0.05) is 101 Å². The molecule has 0 unspecified atom stereocenters. The highest BCUT2D eigenvalue weighted by molar-refractivity contribution is 6.98. The Labute approximate surface area is 212 Å². The van der Waals surface area contributed by atoms with Crippen LogP contribution in [0.3, 0.4) is 0 Å². The predicted octanol–water partition coefficient (Wildman–Crippen LogP) is 5.46. The van der Waals surface area contributed by atoms with Gasteiger partial charge < -0.3 is 0 Å². The lowest BCUT2D eigenvalue weighted by Gasteiger charge is -2.39. The topological polar surface area (TPSA) is 0 Å². The molecule has 0 spiro atoms. The second-order valence-corrected chi connectivity index (χ2v) is 11.3. The van der Waals surface area contributed by atoms with Gasteiger partial charge in [0.2, 0.25) is 6.71 Å². The van der Waals surface area contributed by atoms with Gasteiger partial charge in [0, 0.05) is 0 Å². The first kappa shape index (κ1) is 19.4. The first-order chi connectivity index (χ1) is 17.7. The van der Waals surface area contributed by atoms with Crippen LogP contribution in [0.4, 0.5) is 0 Å². The zero-order chi connectivity index (χ0) is 23.5. The fraction of sp³-hybridized carbons (Fsp3) is 0.143. The fourth-order valence-corrected chi connectivity index (χ4v) is 8.00. The first-order valence-corrected chi connectivity index (χ1v) is 13.3. The maximum atomic E-state index is 2.54. The molecule has 9 rings (SSSR count). The van der Waals surface area contributed by atoms with Crippen LogP contribution in [0.5, 0.6) is 0 Å². The van der Waals surface area contributed by atoms with Crippen molar-refractivity contribution in [3.05, 3.63) is 135 Å². The van der Waals surface area contributed by atoms with Crippen LogP contribution >= 0.6 is 0 Å². The molecule has 3 aliphatic heterocycles. The molecule has 0 N–H and O–H groups in total. The van der Waals surface area contributed by atoms with E-state index >= 15 is 0 Å². The van der Waals surface area contributed by atoms with E-state index < -0.39 is 0 Å². The van der Waals surface area contributed by atoms with Crippen molar-refractivity contribution in [2.24, 2.45) is 0 Å². The molecule has 4 aliphatic rings. The average molecular weight is 456 g/mol. The van der Waals surface area contributed by atoms with Crippen LogP contribution in [0, 0.1) is 6.92 Å². The first-order valence-electron chi connectivity index (χ1n) is 13.3. The number of aryl methyl sites for hydroxylation is 1. The third-order valence-electron chi connectivity index (χ3n) is 9.44. The predicted molar refractivity (Wildman–Crippen MR) is 151 cm³/mol. The molecule has 5 aromatic carbocycles. The molecule has 0 fully saturated rings. The molecule has 0 saturated carbocycles. The van der Waals surface area contributed by atoms with Crippen molar-refractivity contribution in [3.63, 3.8) is 0 Å². The molecule has 5 aromatic rings. The lowest BCUT2D eigenvalue weighted by Crippen LogP contribution is -2.64. The highest BCUT2D eigenvalue weighted by Gasteiger charge is 2.41. The van der Waals surface area contributed by atoms with E-state index in [0.717, 1.165) is 25.7 Å². The molecular formula is C35H25B. The minimum Gasteiger partial charge on any atom is -0.0617 e. The highest BCUT2D eigenvalue weighted by atomic mass is 14.3. The summed E-state index contributed by atoms with van der Waals surface area (Å²) in [6, 6.07) is 32.9. The van der Waals surface area contributed by atoms with Crippen molar-refractivity contribution in [1.29, 1.82) is 0 Å². The minimum atomic E-state index is 0.419. The Kier molecular flexibility index (Phi) is 3.59. The fourth-order valence-electron chi connectivity index (χ4n) is 8.00. The van der Waals surface area contributed by atoms with Gasteiger partial charge in [-0.05, 0) is 105 Å². The number of fused-ring (bicyclic) bond motifs is 3. The third kappa shape index (κ3) is 2.36. The molecule has 0 bridgehead atoms. The molecule has 0 saturated heterocycles. The van der Waals surface area contributed by atoms with E-state index in [0.29, 0.717) is 6.71 Å². The number of hydrogen-bond acceptors (Lipinski definition) is 0. The van der Waals surface area contributed by atoms with Crippen molar-refractivity contribution >= 4 is 23.1 Å². The van der Waals surface area contributed by atoms with Crippen LogP contribution in [-0.2, 0) is 25.7 Å². The Morgan fingerprint density at radius 3 is 1.67 bits per heavy atom. The van der Waals surface area contributed by atoms with Crippen molar-refractivity contribution in [1.82, 2.24) is 0 Å². The second kappa shape index (κ2) is 6.68. The third-order valence-corrected chi connectivity index (χ3v) is 9.44. The summed E-state index contributed by atoms with van der Waals surface area (Å²) in [6.45, 7) is 2.68. The number of benzene rings is 5. The number of rotatable bonds is 1. The van der Waals surface area contributed by atoms with E-state index in [4.69, 9.17) is 0 Å². The van der Waals surface area contributed by atoms with E-state index in [1.54, 1.807) is 27.5 Å². The van der Waals surface area contributed by atoms with Crippen LogP contribution < -0.4 is 16.4 Å². The van der Waals surface area contributed by atoms with Gasteiger partial charge in [0.25, 0.3) is 0 Å². The molecule has 1 aliphatic carbocycles. The van der Waals surface area contributed by atoms with E-state index in [1.165, 1.54) is 61.2 Å². The quantitative estimate of drug-likeness (QED) is 0.288. The molecule has 0 atom stereocenters. The standard InChI is InChI=1S/C35H25B/c1-20-6-2-13-30-31(20)19-21-7-5-12-29(32(21)30)26-17-27-15-24-10-3-8-22-14-23-9-4-11-25-16-28(18-26)35(27)36(33(22)24)34(23)25/h2-13,17-18H,14-16,19H2,1H3. The summed E-state index contributed by atoms with van der Waals surface area (Å²) >= 11 is 0. The SMILES string of the molecule is Cc1cccc2c1Cc1cccc(-c3cc4c5c(c3)Cc3cccc6c3B5c3c(cccc3C4)C6)c1-2. The molecular weight excluding hydrogens is 431 g/mol. The van der Waals surface area contributed by atoms with E-state index in [9.17, 15) is 0 Å². The molecule has 0 radical (unpaired) electrons. The second-order valence-electron chi connectivity index (χ2n) is 11.3. The van der Waals surface area contributed by atoms with Gasteiger partial charge >= 0.3 is 0 Å². The summed E-state index contributed by atoms with van der Waals surface area (Å²) < 4.78 is 0. The van der Waals surface area contributed by atoms with Crippen LogP contribution in [0.2, 0.25) is 0 Å². The normalized spacial score (nSPS) is 14.9. The lowest BCUT2D eigenvalue weighted by molar-refractivity contribution is 1.10. The Balaban J connectivity index is 1.31. The Morgan fingerprint density at radius 2 is 1.00 bits per heavy atom. The number of hydrogen-bond donors (Lipinski definition) is 0. The zero-order valence-electron chi connectivity index (χ0n) is 20.5. The minimum absolute atomic E-state index is 0.419. The monoisotopic (exact) mass is 456 g/mol. The van der Waals surface area contributed by atoms with E-state index in [-0.39, 0.29) is 0 Å². The lowest BCUT2D eigenvalue weighted by atomic mass is 9.28. The largest absolute Gasteiger partial charge is 0.243 e. The molecule has 168 valence electrons. The van der Waals surface area contributed by atoms with E-state index in [1.807, 2.05) is 0 Å². The molecule has 0 nitrogen and oxygen atoms in total. The summed E-state index contributed by atoms with van der Waals surface area (Å²) in [5, 5.41) is 0. The Hall–Kier alpha value is -3.84. The summed E-state index contributed by atoms with van der Waals surface area (Å²) in [5.74, 6) is 0. The summed E-state index contributed by atoms with van der Waals surface area (Å²) in [7, 11) is 0. The van der Waals surface area contributed by atoms with Gasteiger partial charge in [-0.2, -0.15) is 0 Å². The molecule has 36 heavy (non-hydrogen) atoms. The molecule has 3 heterocycles. The molecule has 0 amide bonds. The summed E-state index contributed by atoms with van der Waals surface area (Å²) in [6.07, 6.45) is 4.24.